The van der Waals surface area contributed by atoms with Gasteiger partial charge in [0.2, 0.25) is 0 Å². The van der Waals surface area contributed by atoms with Gasteiger partial charge in [0.25, 0.3) is 5.91 Å². The summed E-state index contributed by atoms with van der Waals surface area (Å²) in [6, 6.07) is 5.47. The molecule has 0 aromatic heterocycles. The first-order chi connectivity index (χ1) is 11.6. The van der Waals surface area contributed by atoms with E-state index >= 15 is 0 Å². The van der Waals surface area contributed by atoms with Gasteiger partial charge in [0.1, 0.15) is 5.60 Å². The number of hydrogen-bond donors (Lipinski definition) is 0. The highest BCUT2D eigenvalue weighted by Crippen LogP contribution is 2.45. The summed E-state index contributed by atoms with van der Waals surface area (Å²) in [6.07, 6.45) is 1.50. The van der Waals surface area contributed by atoms with Gasteiger partial charge in [-0.2, -0.15) is 0 Å². The molecule has 2 amide bonds. The third-order valence-corrected chi connectivity index (χ3v) is 5.77. The lowest BCUT2D eigenvalue weighted by atomic mass is 10.1. The average Bonchev–Trinajstić information content (AvgIpc) is 3.24. The second-order valence-corrected chi connectivity index (χ2v) is 9.25. The van der Waals surface area contributed by atoms with E-state index in [9.17, 15) is 9.59 Å². The van der Waals surface area contributed by atoms with Crippen LogP contribution >= 0.6 is 34.2 Å². The number of benzene rings is 1. The first kappa shape index (κ1) is 18.8. The minimum atomic E-state index is -0.519. The van der Waals surface area contributed by atoms with Crippen LogP contribution in [0.5, 0.6) is 0 Å². The molecule has 5 nitrogen and oxygen atoms in total. The van der Waals surface area contributed by atoms with Crippen LogP contribution in [0.1, 0.15) is 44.0 Å². The van der Waals surface area contributed by atoms with Crippen molar-refractivity contribution >= 4 is 46.2 Å². The highest BCUT2D eigenvalue weighted by molar-refractivity contribution is 14.1. The summed E-state index contributed by atoms with van der Waals surface area (Å²) in [6.45, 7) is 7.07. The minimum Gasteiger partial charge on any atom is -0.444 e. The van der Waals surface area contributed by atoms with Crippen LogP contribution in [-0.2, 0) is 4.74 Å². The Hall–Kier alpha value is -1.02. The molecule has 136 valence electrons. The van der Waals surface area contributed by atoms with E-state index in [0.29, 0.717) is 30.2 Å². The Labute approximate surface area is 166 Å². The van der Waals surface area contributed by atoms with Crippen LogP contribution in [0.15, 0.2) is 18.2 Å². The molecule has 7 heteroatoms. The maximum atomic E-state index is 13.1. The van der Waals surface area contributed by atoms with Gasteiger partial charge in [-0.15, -0.1) is 0 Å². The standard InChI is InChI=1S/C18H22ClIN2O3/c1-17(2,3)25-16(24)21-9-10-22(18(11-21)7-8-18)15(23)14-12(19)5-4-6-13(14)20/h4-6H,7-11H2,1-3H3. The number of amides is 2. The lowest BCUT2D eigenvalue weighted by Crippen LogP contribution is -2.58. The third-order valence-electron chi connectivity index (χ3n) is 4.55. The molecule has 1 spiro atoms. The Morgan fingerprint density at radius 2 is 1.92 bits per heavy atom. The fourth-order valence-electron chi connectivity index (χ4n) is 3.19. The minimum absolute atomic E-state index is 0.0451. The number of carbonyl (C=O) groups is 2. The van der Waals surface area contributed by atoms with Gasteiger partial charge < -0.3 is 14.5 Å². The van der Waals surface area contributed by atoms with Crippen LogP contribution < -0.4 is 0 Å². The van der Waals surface area contributed by atoms with Crippen LogP contribution in [0.3, 0.4) is 0 Å². The molecule has 3 rings (SSSR count). The SMILES string of the molecule is CC(C)(C)OC(=O)N1CCN(C(=O)c2c(Cl)cccc2I)C2(CC2)C1. The van der Waals surface area contributed by atoms with Crippen molar-refractivity contribution in [1.82, 2.24) is 9.80 Å². The van der Waals surface area contributed by atoms with E-state index in [2.05, 4.69) is 22.6 Å². The largest absolute Gasteiger partial charge is 0.444 e. The number of nitrogens with zero attached hydrogens (tertiary/aromatic N) is 2. The van der Waals surface area contributed by atoms with Gasteiger partial charge in [0.15, 0.2) is 0 Å². The predicted molar refractivity (Wildman–Crippen MR) is 105 cm³/mol. The molecule has 1 aromatic carbocycles. The molecule has 2 aliphatic rings. The van der Waals surface area contributed by atoms with Crippen molar-refractivity contribution < 1.29 is 14.3 Å². The van der Waals surface area contributed by atoms with E-state index in [-0.39, 0.29) is 17.5 Å². The summed E-state index contributed by atoms with van der Waals surface area (Å²) >= 11 is 8.41. The Bertz CT molecular complexity index is 693. The van der Waals surface area contributed by atoms with E-state index < -0.39 is 5.60 Å². The van der Waals surface area contributed by atoms with E-state index in [4.69, 9.17) is 16.3 Å². The van der Waals surface area contributed by atoms with Gasteiger partial charge in [-0.1, -0.05) is 17.7 Å². The van der Waals surface area contributed by atoms with Crippen LogP contribution in [0.2, 0.25) is 5.02 Å². The fraction of sp³-hybridized carbons (Fsp3) is 0.556. The topological polar surface area (TPSA) is 49.9 Å². The summed E-state index contributed by atoms with van der Waals surface area (Å²) in [5, 5.41) is 0.474. The zero-order valence-corrected chi connectivity index (χ0v) is 17.6. The Morgan fingerprint density at radius 1 is 1.24 bits per heavy atom. The lowest BCUT2D eigenvalue weighted by Gasteiger charge is -2.42. The van der Waals surface area contributed by atoms with E-state index in [1.807, 2.05) is 37.8 Å². The molecule has 0 atom stereocenters. The molecule has 2 fully saturated rings. The molecule has 1 heterocycles. The van der Waals surface area contributed by atoms with E-state index in [1.54, 1.807) is 11.0 Å². The number of hydrogen-bond acceptors (Lipinski definition) is 3. The van der Waals surface area contributed by atoms with Gasteiger partial charge in [0.05, 0.1) is 16.1 Å². The highest BCUT2D eigenvalue weighted by Gasteiger charge is 2.54. The average molecular weight is 477 g/mol. The van der Waals surface area contributed by atoms with Crippen LogP contribution in [0.25, 0.3) is 0 Å². The van der Waals surface area contributed by atoms with E-state index in [0.717, 1.165) is 16.4 Å². The monoisotopic (exact) mass is 476 g/mol. The molecule has 0 unspecified atom stereocenters. The summed E-state index contributed by atoms with van der Waals surface area (Å²) in [5.41, 5.74) is -0.232. The molecule has 0 N–H and O–H groups in total. The first-order valence-electron chi connectivity index (χ1n) is 8.37. The zero-order valence-electron chi connectivity index (χ0n) is 14.6. The maximum absolute atomic E-state index is 13.1. The van der Waals surface area contributed by atoms with Crippen molar-refractivity contribution in [3.8, 4) is 0 Å². The zero-order chi connectivity index (χ0) is 18.4. The van der Waals surface area contributed by atoms with Crippen LogP contribution in [0, 0.1) is 3.57 Å². The van der Waals surface area contributed by atoms with Crippen molar-refractivity contribution in [3.05, 3.63) is 32.4 Å². The number of halogens is 2. The molecule has 1 aliphatic carbocycles. The van der Waals surface area contributed by atoms with Crippen molar-refractivity contribution in [2.24, 2.45) is 0 Å². The number of carbonyl (C=O) groups excluding carboxylic acids is 2. The van der Waals surface area contributed by atoms with E-state index in [1.165, 1.54) is 0 Å². The summed E-state index contributed by atoms with van der Waals surface area (Å²) < 4.78 is 6.33. The van der Waals surface area contributed by atoms with Crippen LogP contribution in [-0.4, -0.2) is 52.6 Å². The molecular formula is C18H22ClIN2O3. The maximum Gasteiger partial charge on any atom is 0.410 e. The second kappa shape index (κ2) is 6.61. The number of ether oxygens (including phenoxy) is 1. The van der Waals surface area contributed by atoms with Crippen molar-refractivity contribution in [2.75, 3.05) is 19.6 Å². The summed E-state index contributed by atoms with van der Waals surface area (Å²) in [4.78, 5) is 29.1. The predicted octanol–water partition coefficient (Wildman–Crippen LogP) is 4.17. The van der Waals surface area contributed by atoms with Crippen LogP contribution in [0.4, 0.5) is 4.79 Å². The van der Waals surface area contributed by atoms with Gasteiger partial charge in [-0.25, -0.2) is 4.79 Å². The summed E-state index contributed by atoms with van der Waals surface area (Å²) in [7, 11) is 0. The molecule has 1 saturated carbocycles. The second-order valence-electron chi connectivity index (χ2n) is 7.68. The van der Waals surface area contributed by atoms with Gasteiger partial charge in [-0.3, -0.25) is 4.79 Å². The van der Waals surface area contributed by atoms with Gasteiger partial charge >= 0.3 is 6.09 Å². The Kier molecular flexibility index (Phi) is 4.96. The molecule has 1 aromatic rings. The van der Waals surface area contributed by atoms with Gasteiger partial charge in [-0.05, 0) is 68.3 Å². The van der Waals surface area contributed by atoms with Gasteiger partial charge in [0, 0.05) is 23.2 Å². The van der Waals surface area contributed by atoms with Crippen molar-refractivity contribution in [2.45, 2.75) is 44.8 Å². The fourth-order valence-corrected chi connectivity index (χ4v) is 4.33. The molecule has 25 heavy (non-hydrogen) atoms. The Balaban J connectivity index is 1.77. The number of rotatable bonds is 1. The summed E-state index contributed by atoms with van der Waals surface area (Å²) in [5.74, 6) is -0.0451. The van der Waals surface area contributed by atoms with Crippen molar-refractivity contribution in [3.63, 3.8) is 0 Å². The molecule has 0 radical (unpaired) electrons. The normalized spacial score (nSPS) is 19.1. The first-order valence-corrected chi connectivity index (χ1v) is 9.83. The number of piperazine rings is 1. The smallest absolute Gasteiger partial charge is 0.410 e. The lowest BCUT2D eigenvalue weighted by molar-refractivity contribution is 0.000612. The third kappa shape index (κ3) is 3.89. The quantitative estimate of drug-likeness (QED) is 0.572. The van der Waals surface area contributed by atoms with Crippen molar-refractivity contribution in [1.29, 1.82) is 0 Å². The highest BCUT2D eigenvalue weighted by atomic mass is 127. The molecule has 1 aliphatic heterocycles. The molecular weight excluding hydrogens is 455 g/mol. The molecule has 0 bridgehead atoms. The molecule has 1 saturated heterocycles. The Morgan fingerprint density at radius 3 is 2.48 bits per heavy atom.